The number of rotatable bonds is 5. The van der Waals surface area contributed by atoms with Crippen LogP contribution in [0.1, 0.15) is 64.7 Å². The molecule has 0 aromatic heterocycles. The summed E-state index contributed by atoms with van der Waals surface area (Å²) in [6.45, 7) is 4.89. The highest BCUT2D eigenvalue weighted by molar-refractivity contribution is 5.78. The summed E-state index contributed by atoms with van der Waals surface area (Å²) >= 11 is 0. The van der Waals surface area contributed by atoms with Crippen molar-refractivity contribution in [2.45, 2.75) is 89.0 Å². The fourth-order valence-corrected chi connectivity index (χ4v) is 5.50. The van der Waals surface area contributed by atoms with E-state index in [0.717, 1.165) is 58.0 Å². The van der Waals surface area contributed by atoms with E-state index in [-0.39, 0.29) is 42.0 Å². The number of fused-ring (bicyclic) bond motifs is 2. The molecule has 2 aliphatic heterocycles. The Morgan fingerprint density at radius 2 is 1.44 bits per heavy atom. The Labute approximate surface area is 162 Å². The standard InChI is InChI=1S/C21H34N2O4/c1-15(14-21(25)23-11-13-27-19-7-3-5-17(19)23)8-9-20(24)22-10-12-26-18-6-2-4-16(18)22/h15-19H,2-14H2,1H3/t15?,16-,17-,18+,19+/m1/s1. The maximum Gasteiger partial charge on any atom is 0.223 e. The smallest absolute Gasteiger partial charge is 0.223 e. The van der Waals surface area contributed by atoms with E-state index in [4.69, 9.17) is 9.47 Å². The Hall–Kier alpha value is -1.14. The molecule has 2 amide bonds. The first-order chi connectivity index (χ1) is 13.1. The van der Waals surface area contributed by atoms with Crippen LogP contribution in [-0.4, -0.2) is 72.2 Å². The summed E-state index contributed by atoms with van der Waals surface area (Å²) in [5.41, 5.74) is 0. The van der Waals surface area contributed by atoms with E-state index in [2.05, 4.69) is 16.7 Å². The van der Waals surface area contributed by atoms with Gasteiger partial charge in [-0.3, -0.25) is 9.59 Å². The third-order valence-electron chi connectivity index (χ3n) is 6.98. The molecule has 2 saturated carbocycles. The summed E-state index contributed by atoms with van der Waals surface area (Å²) in [5.74, 6) is 0.735. The molecule has 27 heavy (non-hydrogen) atoms. The molecule has 6 heteroatoms. The van der Waals surface area contributed by atoms with Gasteiger partial charge >= 0.3 is 0 Å². The second-order valence-corrected chi connectivity index (χ2v) is 8.84. The highest BCUT2D eigenvalue weighted by Crippen LogP contribution is 2.32. The Kier molecular flexibility index (Phi) is 6.02. The number of hydrogen-bond donors (Lipinski definition) is 0. The molecule has 0 spiro atoms. The van der Waals surface area contributed by atoms with E-state index in [1.54, 1.807) is 0 Å². The average molecular weight is 379 g/mol. The number of ether oxygens (including phenoxy) is 2. The monoisotopic (exact) mass is 378 g/mol. The second-order valence-electron chi connectivity index (χ2n) is 8.84. The van der Waals surface area contributed by atoms with Gasteiger partial charge in [0.15, 0.2) is 0 Å². The summed E-state index contributed by atoms with van der Waals surface area (Å²) in [6, 6.07) is 0.573. The molecular formula is C21H34N2O4. The lowest BCUT2D eigenvalue weighted by Gasteiger charge is -2.38. The van der Waals surface area contributed by atoms with Crippen LogP contribution in [-0.2, 0) is 19.1 Å². The first-order valence-corrected chi connectivity index (χ1v) is 11.0. The molecule has 152 valence electrons. The number of nitrogens with zero attached hydrogens (tertiary/aromatic N) is 2. The lowest BCUT2D eigenvalue weighted by molar-refractivity contribution is -0.146. The molecule has 0 aromatic rings. The minimum Gasteiger partial charge on any atom is -0.374 e. The van der Waals surface area contributed by atoms with Gasteiger partial charge in [-0.05, 0) is 50.9 Å². The topological polar surface area (TPSA) is 59.1 Å². The van der Waals surface area contributed by atoms with E-state index in [0.29, 0.717) is 26.1 Å². The van der Waals surface area contributed by atoms with Gasteiger partial charge in [-0.1, -0.05) is 6.92 Å². The summed E-state index contributed by atoms with van der Waals surface area (Å²) in [4.78, 5) is 29.7. The van der Waals surface area contributed by atoms with Crippen molar-refractivity contribution >= 4 is 11.8 Å². The maximum atomic E-state index is 12.8. The highest BCUT2D eigenvalue weighted by Gasteiger charge is 2.39. The van der Waals surface area contributed by atoms with Gasteiger partial charge in [0.1, 0.15) is 0 Å². The third-order valence-corrected chi connectivity index (χ3v) is 6.98. The number of hydrogen-bond acceptors (Lipinski definition) is 4. The van der Waals surface area contributed by atoms with Crippen LogP contribution in [0.25, 0.3) is 0 Å². The minimum atomic E-state index is 0.240. The molecule has 2 heterocycles. The van der Waals surface area contributed by atoms with E-state index in [1.807, 2.05) is 0 Å². The van der Waals surface area contributed by atoms with Gasteiger partial charge in [-0.25, -0.2) is 0 Å². The van der Waals surface area contributed by atoms with Crippen LogP contribution in [0.4, 0.5) is 0 Å². The van der Waals surface area contributed by atoms with Crippen LogP contribution in [0.3, 0.4) is 0 Å². The Balaban J connectivity index is 1.24. The van der Waals surface area contributed by atoms with Crippen molar-refractivity contribution in [3.63, 3.8) is 0 Å². The summed E-state index contributed by atoms with van der Waals surface area (Å²) < 4.78 is 11.6. The Morgan fingerprint density at radius 3 is 2.04 bits per heavy atom. The zero-order valence-corrected chi connectivity index (χ0v) is 16.6. The van der Waals surface area contributed by atoms with E-state index in [9.17, 15) is 9.59 Å². The van der Waals surface area contributed by atoms with E-state index >= 15 is 0 Å². The largest absolute Gasteiger partial charge is 0.374 e. The molecule has 1 unspecified atom stereocenters. The Bertz CT molecular complexity index is 554. The number of morpholine rings is 2. The summed E-state index contributed by atoms with van der Waals surface area (Å²) in [6.07, 6.45) is 9.02. The van der Waals surface area contributed by atoms with Crippen LogP contribution in [0, 0.1) is 5.92 Å². The van der Waals surface area contributed by atoms with Crippen molar-refractivity contribution in [3.05, 3.63) is 0 Å². The van der Waals surface area contributed by atoms with Gasteiger partial charge in [0, 0.05) is 25.9 Å². The summed E-state index contributed by atoms with van der Waals surface area (Å²) in [5, 5.41) is 0. The summed E-state index contributed by atoms with van der Waals surface area (Å²) in [7, 11) is 0. The van der Waals surface area contributed by atoms with Crippen molar-refractivity contribution < 1.29 is 19.1 Å². The van der Waals surface area contributed by atoms with Crippen molar-refractivity contribution in [2.24, 2.45) is 5.92 Å². The zero-order valence-electron chi connectivity index (χ0n) is 16.6. The molecule has 4 rings (SSSR count). The fraction of sp³-hybridized carbons (Fsp3) is 0.905. The molecule has 0 aromatic carbocycles. The second kappa shape index (κ2) is 8.48. The molecule has 4 fully saturated rings. The first kappa shape index (κ1) is 19.2. The Morgan fingerprint density at radius 1 is 0.889 bits per heavy atom. The van der Waals surface area contributed by atoms with Crippen molar-refractivity contribution in [2.75, 3.05) is 26.3 Å². The van der Waals surface area contributed by atoms with Gasteiger partial charge in [0.2, 0.25) is 11.8 Å². The van der Waals surface area contributed by atoms with Crippen LogP contribution in [0.5, 0.6) is 0 Å². The van der Waals surface area contributed by atoms with Gasteiger partial charge in [-0.2, -0.15) is 0 Å². The predicted octanol–water partition coefficient (Wildman–Crippen LogP) is 2.35. The molecule has 4 aliphatic rings. The lowest BCUT2D eigenvalue weighted by Crippen LogP contribution is -2.51. The number of carbonyl (C=O) groups excluding carboxylic acids is 2. The van der Waals surface area contributed by atoms with Gasteiger partial charge in [0.25, 0.3) is 0 Å². The highest BCUT2D eigenvalue weighted by atomic mass is 16.5. The molecule has 2 aliphatic carbocycles. The zero-order chi connectivity index (χ0) is 18.8. The van der Waals surface area contributed by atoms with Crippen LogP contribution in [0.2, 0.25) is 0 Å². The normalized spacial score (nSPS) is 34.3. The molecule has 0 radical (unpaired) electrons. The van der Waals surface area contributed by atoms with Gasteiger partial charge in [0.05, 0.1) is 37.5 Å². The van der Waals surface area contributed by atoms with Crippen molar-refractivity contribution in [3.8, 4) is 0 Å². The fourth-order valence-electron chi connectivity index (χ4n) is 5.50. The SMILES string of the molecule is CC(CCC(=O)N1CCO[C@H]2CCC[C@H]21)CC(=O)N1CCO[C@H]2CCC[C@H]21. The van der Waals surface area contributed by atoms with E-state index < -0.39 is 0 Å². The minimum absolute atomic E-state index is 0.240. The predicted molar refractivity (Wildman–Crippen MR) is 101 cm³/mol. The van der Waals surface area contributed by atoms with Gasteiger partial charge in [-0.15, -0.1) is 0 Å². The molecule has 5 atom stereocenters. The third kappa shape index (κ3) is 4.16. The van der Waals surface area contributed by atoms with E-state index in [1.165, 1.54) is 0 Å². The lowest BCUT2D eigenvalue weighted by atomic mass is 9.98. The molecular weight excluding hydrogens is 344 g/mol. The first-order valence-electron chi connectivity index (χ1n) is 11.0. The van der Waals surface area contributed by atoms with Crippen molar-refractivity contribution in [1.82, 2.24) is 9.80 Å². The molecule has 2 saturated heterocycles. The molecule has 0 bridgehead atoms. The molecule has 0 N–H and O–H groups in total. The van der Waals surface area contributed by atoms with Gasteiger partial charge < -0.3 is 19.3 Å². The quantitative estimate of drug-likeness (QED) is 0.737. The molecule has 6 nitrogen and oxygen atoms in total. The van der Waals surface area contributed by atoms with Crippen LogP contribution in [0.15, 0.2) is 0 Å². The van der Waals surface area contributed by atoms with Crippen molar-refractivity contribution in [1.29, 1.82) is 0 Å². The number of amides is 2. The average Bonchev–Trinajstić information content (AvgIpc) is 3.34. The number of carbonyl (C=O) groups is 2. The maximum absolute atomic E-state index is 12.8. The van der Waals surface area contributed by atoms with Crippen LogP contribution >= 0.6 is 0 Å². The van der Waals surface area contributed by atoms with Crippen LogP contribution < -0.4 is 0 Å².